The number of hydrogen-bond donors (Lipinski definition) is 1. The molecule has 0 aliphatic rings. The summed E-state index contributed by atoms with van der Waals surface area (Å²) in [6.45, 7) is 1.66. The number of ether oxygens (including phenoxy) is 1. The van der Waals surface area contributed by atoms with Crippen LogP contribution in [0.15, 0.2) is 71.6 Å². The highest BCUT2D eigenvalue weighted by atomic mass is 35.5. The molecule has 0 aliphatic carbocycles. The summed E-state index contributed by atoms with van der Waals surface area (Å²) in [5.41, 5.74) is 2.32. The average Bonchev–Trinajstić information content (AvgIpc) is 2.80. The van der Waals surface area contributed by atoms with Gasteiger partial charge >= 0.3 is 0 Å². The van der Waals surface area contributed by atoms with E-state index in [4.69, 9.17) is 27.9 Å². The van der Waals surface area contributed by atoms with Gasteiger partial charge in [-0.15, -0.1) is 0 Å². The average molecular weight is 507 g/mol. The van der Waals surface area contributed by atoms with E-state index in [0.717, 1.165) is 15.4 Å². The fraction of sp³-hybridized carbons (Fsp3) is 0.208. The van der Waals surface area contributed by atoms with Crippen LogP contribution in [0.4, 0.5) is 0 Å². The Morgan fingerprint density at radius 2 is 1.70 bits per heavy atom. The molecule has 0 aliphatic heterocycles. The van der Waals surface area contributed by atoms with E-state index in [9.17, 15) is 13.2 Å². The first-order chi connectivity index (χ1) is 15.7. The third kappa shape index (κ3) is 6.48. The Morgan fingerprint density at radius 3 is 2.36 bits per heavy atom. The molecule has 0 unspecified atom stereocenters. The monoisotopic (exact) mass is 506 g/mol. The first-order valence-corrected chi connectivity index (χ1v) is 12.3. The van der Waals surface area contributed by atoms with Crippen molar-refractivity contribution in [2.45, 2.75) is 24.9 Å². The zero-order valence-electron chi connectivity index (χ0n) is 18.2. The van der Waals surface area contributed by atoms with E-state index < -0.39 is 15.9 Å². The van der Waals surface area contributed by atoms with Gasteiger partial charge in [-0.1, -0.05) is 65.2 Å². The molecule has 0 bridgehead atoms. The third-order valence-corrected chi connectivity index (χ3v) is 7.54. The first-order valence-electron chi connectivity index (χ1n) is 10.1. The molecule has 0 saturated carbocycles. The summed E-state index contributed by atoms with van der Waals surface area (Å²) in [6.07, 6.45) is 0. The van der Waals surface area contributed by atoms with Crippen LogP contribution >= 0.6 is 23.2 Å². The van der Waals surface area contributed by atoms with Gasteiger partial charge in [-0.3, -0.25) is 4.79 Å². The first kappa shape index (κ1) is 25.1. The number of sulfonamides is 1. The summed E-state index contributed by atoms with van der Waals surface area (Å²) < 4.78 is 33.2. The summed E-state index contributed by atoms with van der Waals surface area (Å²) >= 11 is 12.1. The zero-order chi connectivity index (χ0) is 24.0. The number of benzene rings is 3. The molecule has 0 radical (unpaired) electrons. The Kier molecular flexibility index (Phi) is 8.37. The second-order valence-corrected chi connectivity index (χ2v) is 10.2. The van der Waals surface area contributed by atoms with E-state index in [-0.39, 0.29) is 24.5 Å². The molecule has 3 aromatic rings. The van der Waals surface area contributed by atoms with Gasteiger partial charge in [0.1, 0.15) is 5.75 Å². The molecule has 1 N–H and O–H groups in total. The fourth-order valence-corrected chi connectivity index (χ4v) is 4.89. The highest BCUT2D eigenvalue weighted by molar-refractivity contribution is 7.89. The van der Waals surface area contributed by atoms with E-state index in [1.807, 2.05) is 25.1 Å². The molecule has 3 rings (SSSR count). The van der Waals surface area contributed by atoms with Gasteiger partial charge in [0, 0.05) is 18.7 Å². The van der Waals surface area contributed by atoms with Crippen LogP contribution in [0.3, 0.4) is 0 Å². The number of carbonyl (C=O) groups is 1. The maximum absolute atomic E-state index is 13.4. The van der Waals surface area contributed by atoms with E-state index in [1.54, 1.807) is 43.5 Å². The maximum Gasteiger partial charge on any atom is 0.243 e. The predicted molar refractivity (Wildman–Crippen MR) is 130 cm³/mol. The Balaban J connectivity index is 1.83. The number of rotatable bonds is 9. The van der Waals surface area contributed by atoms with Gasteiger partial charge in [0.2, 0.25) is 15.9 Å². The minimum absolute atomic E-state index is 0.0465. The number of aryl methyl sites for hydroxylation is 1. The number of methoxy groups -OCH3 is 1. The van der Waals surface area contributed by atoms with Crippen molar-refractivity contribution in [1.29, 1.82) is 0 Å². The van der Waals surface area contributed by atoms with Crippen molar-refractivity contribution >= 4 is 39.1 Å². The quantitative estimate of drug-likeness (QED) is 0.451. The lowest BCUT2D eigenvalue weighted by Gasteiger charge is -2.22. The highest BCUT2D eigenvalue weighted by Gasteiger charge is 2.27. The van der Waals surface area contributed by atoms with Crippen LogP contribution in [0.25, 0.3) is 0 Å². The molecule has 6 nitrogen and oxygen atoms in total. The molecule has 1 amide bonds. The second-order valence-electron chi connectivity index (χ2n) is 7.42. The number of nitrogens with zero attached hydrogens (tertiary/aromatic N) is 1. The maximum atomic E-state index is 13.4. The predicted octanol–water partition coefficient (Wildman–Crippen LogP) is 4.82. The third-order valence-electron chi connectivity index (χ3n) is 4.99. The Hall–Kier alpha value is -2.58. The normalized spacial score (nSPS) is 11.4. The fourth-order valence-electron chi connectivity index (χ4n) is 3.19. The van der Waals surface area contributed by atoms with Crippen molar-refractivity contribution in [3.05, 3.63) is 93.5 Å². The van der Waals surface area contributed by atoms with Crippen molar-refractivity contribution in [2.24, 2.45) is 0 Å². The van der Waals surface area contributed by atoms with Gasteiger partial charge < -0.3 is 10.1 Å². The smallest absolute Gasteiger partial charge is 0.243 e. The van der Waals surface area contributed by atoms with Crippen LogP contribution in [0.5, 0.6) is 5.75 Å². The minimum atomic E-state index is -3.96. The van der Waals surface area contributed by atoms with Gasteiger partial charge in [0.25, 0.3) is 0 Å². The lowest BCUT2D eigenvalue weighted by Crippen LogP contribution is -2.40. The summed E-state index contributed by atoms with van der Waals surface area (Å²) in [4.78, 5) is 12.9. The molecule has 0 aromatic heterocycles. The Morgan fingerprint density at radius 1 is 1.00 bits per heavy atom. The number of para-hydroxylation sites is 1. The van der Waals surface area contributed by atoms with Crippen LogP contribution in [-0.4, -0.2) is 32.3 Å². The topological polar surface area (TPSA) is 75.7 Å². The zero-order valence-corrected chi connectivity index (χ0v) is 20.5. The lowest BCUT2D eigenvalue weighted by molar-refractivity contribution is -0.121. The number of halogens is 2. The van der Waals surface area contributed by atoms with Crippen LogP contribution in [-0.2, 0) is 27.9 Å². The van der Waals surface area contributed by atoms with Gasteiger partial charge in [-0.25, -0.2) is 8.42 Å². The van der Waals surface area contributed by atoms with E-state index >= 15 is 0 Å². The Labute approximate surface area is 204 Å². The highest BCUT2D eigenvalue weighted by Crippen LogP contribution is 2.25. The number of hydrogen-bond acceptors (Lipinski definition) is 4. The molecule has 0 saturated heterocycles. The van der Waals surface area contributed by atoms with Crippen molar-refractivity contribution < 1.29 is 17.9 Å². The van der Waals surface area contributed by atoms with Crippen molar-refractivity contribution in [3.63, 3.8) is 0 Å². The van der Waals surface area contributed by atoms with Crippen molar-refractivity contribution in [1.82, 2.24) is 9.62 Å². The molecule has 0 spiro atoms. The van der Waals surface area contributed by atoms with Crippen LogP contribution < -0.4 is 10.1 Å². The molecule has 0 atom stereocenters. The van der Waals surface area contributed by atoms with E-state index in [0.29, 0.717) is 21.4 Å². The van der Waals surface area contributed by atoms with Crippen molar-refractivity contribution in [2.75, 3.05) is 13.7 Å². The van der Waals surface area contributed by atoms with Crippen LogP contribution in [0, 0.1) is 6.92 Å². The molecule has 33 heavy (non-hydrogen) atoms. The van der Waals surface area contributed by atoms with Crippen LogP contribution in [0.2, 0.25) is 10.0 Å². The largest absolute Gasteiger partial charge is 0.496 e. The standard InChI is InChI=1S/C24H24Cl2N2O4S/c1-17-7-10-20(11-8-17)33(30,31)28(15-18-9-12-21(25)22(26)13-18)16-24(29)27-14-19-5-3-4-6-23(19)32-2/h3-13H,14-16H2,1-2H3,(H,27,29). The molecule has 9 heteroatoms. The summed E-state index contributed by atoms with van der Waals surface area (Å²) in [6, 6.07) is 18.6. The van der Waals surface area contributed by atoms with Crippen molar-refractivity contribution in [3.8, 4) is 5.75 Å². The van der Waals surface area contributed by atoms with Crippen LogP contribution in [0.1, 0.15) is 16.7 Å². The molecular weight excluding hydrogens is 483 g/mol. The minimum Gasteiger partial charge on any atom is -0.496 e. The van der Waals surface area contributed by atoms with Gasteiger partial charge in [-0.05, 0) is 42.8 Å². The number of amides is 1. The number of nitrogens with one attached hydrogen (secondary N) is 1. The van der Waals surface area contributed by atoms with Gasteiger partial charge in [0.05, 0.1) is 28.6 Å². The summed E-state index contributed by atoms with van der Waals surface area (Å²) in [5, 5.41) is 3.44. The number of carbonyl (C=O) groups excluding carboxylic acids is 1. The lowest BCUT2D eigenvalue weighted by atomic mass is 10.2. The Bertz CT molecular complexity index is 1230. The summed E-state index contributed by atoms with van der Waals surface area (Å²) in [5.74, 6) is 0.189. The molecule has 3 aromatic carbocycles. The SMILES string of the molecule is COc1ccccc1CNC(=O)CN(Cc1ccc(Cl)c(Cl)c1)S(=O)(=O)c1ccc(C)cc1. The molecule has 174 valence electrons. The molecular formula is C24H24Cl2N2O4S. The molecule has 0 heterocycles. The van der Waals surface area contributed by atoms with E-state index in [2.05, 4.69) is 5.32 Å². The van der Waals surface area contributed by atoms with Gasteiger partial charge in [-0.2, -0.15) is 4.31 Å². The van der Waals surface area contributed by atoms with Gasteiger partial charge in [0.15, 0.2) is 0 Å². The summed E-state index contributed by atoms with van der Waals surface area (Å²) in [7, 11) is -2.41. The van der Waals surface area contributed by atoms with E-state index in [1.165, 1.54) is 12.1 Å². The molecule has 0 fully saturated rings. The second kappa shape index (κ2) is 11.0.